The van der Waals surface area contributed by atoms with E-state index in [-0.39, 0.29) is 17.1 Å². The summed E-state index contributed by atoms with van der Waals surface area (Å²) in [4.78, 5) is 24.2. The lowest BCUT2D eigenvalue weighted by Gasteiger charge is -2.15. The summed E-state index contributed by atoms with van der Waals surface area (Å²) in [5.41, 5.74) is -0.244. The summed E-state index contributed by atoms with van der Waals surface area (Å²) in [6, 6.07) is 5.91. The van der Waals surface area contributed by atoms with Gasteiger partial charge in [-0.15, -0.1) is 5.10 Å². The number of anilines is 1. The van der Waals surface area contributed by atoms with E-state index in [1.165, 1.54) is 22.8 Å². The molecule has 1 aromatic heterocycles. The van der Waals surface area contributed by atoms with E-state index in [4.69, 9.17) is 4.74 Å². The maximum Gasteiger partial charge on any atom is 0.387 e. The number of H-pyrrole nitrogens is 1. The minimum absolute atomic E-state index is 0.130. The number of para-hydroxylation sites is 2. The van der Waals surface area contributed by atoms with E-state index in [2.05, 4.69) is 20.3 Å². The third kappa shape index (κ3) is 6.07. The molecule has 0 aliphatic rings. The number of hydrogen-bond donors (Lipinski definition) is 2. The molecular weight excluding hydrogens is 382 g/mol. The third-order valence-corrected chi connectivity index (χ3v) is 4.56. The van der Waals surface area contributed by atoms with Crippen LogP contribution in [0.2, 0.25) is 0 Å². The van der Waals surface area contributed by atoms with Crippen LogP contribution in [0.3, 0.4) is 0 Å². The normalized spacial score (nSPS) is 12.2. The van der Waals surface area contributed by atoms with Crippen molar-refractivity contribution in [3.63, 3.8) is 0 Å². The summed E-state index contributed by atoms with van der Waals surface area (Å²) in [5, 5.41) is 8.54. The topological polar surface area (TPSA) is 98.2 Å². The lowest BCUT2D eigenvalue weighted by atomic mass is 10.3. The van der Waals surface area contributed by atoms with Crippen LogP contribution in [0.15, 0.2) is 34.2 Å². The fourth-order valence-electron chi connectivity index (χ4n) is 2.17. The first-order chi connectivity index (χ1) is 12.9. The Morgan fingerprint density at radius 1 is 1.41 bits per heavy atom. The molecule has 1 aromatic carbocycles. The summed E-state index contributed by atoms with van der Waals surface area (Å²) >= 11 is 1.07. The van der Waals surface area contributed by atoms with Gasteiger partial charge in [-0.3, -0.25) is 9.36 Å². The van der Waals surface area contributed by atoms with Crippen molar-refractivity contribution < 1.29 is 23.0 Å². The van der Waals surface area contributed by atoms with Gasteiger partial charge in [0, 0.05) is 20.3 Å². The molecular formula is C16H20F2N4O4S. The number of methoxy groups -OCH3 is 1. The number of carbonyl (C=O) groups excluding carboxylic acids is 1. The van der Waals surface area contributed by atoms with Gasteiger partial charge in [-0.25, -0.2) is 9.89 Å². The first-order valence-electron chi connectivity index (χ1n) is 8.08. The Morgan fingerprint density at radius 2 is 2.15 bits per heavy atom. The predicted octanol–water partition coefficient (Wildman–Crippen LogP) is 2.33. The number of benzene rings is 1. The molecule has 0 saturated heterocycles. The number of thioether (sulfide) groups is 1. The van der Waals surface area contributed by atoms with Crippen LogP contribution in [0, 0.1) is 0 Å². The fourth-order valence-corrected chi connectivity index (χ4v) is 3.05. The quantitative estimate of drug-likeness (QED) is 0.468. The zero-order chi connectivity index (χ0) is 19.8. The Bertz CT molecular complexity index is 812. The average molecular weight is 402 g/mol. The van der Waals surface area contributed by atoms with Crippen molar-refractivity contribution in [1.29, 1.82) is 0 Å². The molecule has 27 heavy (non-hydrogen) atoms. The number of nitrogens with zero attached hydrogens (tertiary/aromatic N) is 2. The van der Waals surface area contributed by atoms with E-state index in [1.807, 2.05) is 0 Å². The molecule has 2 N–H and O–H groups in total. The van der Waals surface area contributed by atoms with Crippen LogP contribution in [0.4, 0.5) is 14.5 Å². The molecule has 1 atom stereocenters. The lowest BCUT2D eigenvalue weighted by Crippen LogP contribution is -2.24. The van der Waals surface area contributed by atoms with Crippen molar-refractivity contribution in [2.75, 3.05) is 19.0 Å². The maximum atomic E-state index is 12.5. The highest BCUT2D eigenvalue weighted by atomic mass is 32.2. The fraction of sp³-hybridized carbons (Fsp3) is 0.438. The van der Waals surface area contributed by atoms with Crippen molar-refractivity contribution in [3.05, 3.63) is 34.7 Å². The van der Waals surface area contributed by atoms with Gasteiger partial charge in [0.1, 0.15) is 5.75 Å². The molecule has 0 saturated carbocycles. The molecule has 0 unspecified atom stereocenters. The SMILES string of the molecule is COCCCn1c(S[C@H](C)C(=O)Nc2ccccc2OC(F)F)n[nH]c1=O. The number of hydrogen-bond acceptors (Lipinski definition) is 6. The second-order valence-electron chi connectivity index (χ2n) is 5.43. The number of ether oxygens (including phenoxy) is 2. The van der Waals surface area contributed by atoms with Gasteiger partial charge >= 0.3 is 12.3 Å². The van der Waals surface area contributed by atoms with Crippen LogP contribution in [-0.2, 0) is 16.1 Å². The molecule has 0 spiro atoms. The highest BCUT2D eigenvalue weighted by Gasteiger charge is 2.20. The van der Waals surface area contributed by atoms with Crippen molar-refractivity contribution in [3.8, 4) is 5.75 Å². The van der Waals surface area contributed by atoms with E-state index in [1.54, 1.807) is 20.1 Å². The Morgan fingerprint density at radius 3 is 2.85 bits per heavy atom. The van der Waals surface area contributed by atoms with E-state index in [9.17, 15) is 18.4 Å². The number of alkyl halides is 2. The number of aromatic nitrogens is 3. The molecule has 2 rings (SSSR count). The standard InChI is InChI=1S/C16H20F2N4O4S/c1-10(27-16-21-20-15(24)22(16)8-5-9-25-2)13(23)19-11-6-3-4-7-12(11)26-14(17)18/h3-4,6-7,10,14H,5,8-9H2,1-2H3,(H,19,23)(H,20,24)/t10-/m1/s1. The molecule has 0 bridgehead atoms. The molecule has 0 radical (unpaired) electrons. The van der Waals surface area contributed by atoms with Crippen LogP contribution in [0.25, 0.3) is 0 Å². The lowest BCUT2D eigenvalue weighted by molar-refractivity contribution is -0.115. The van der Waals surface area contributed by atoms with Gasteiger partial charge in [0.25, 0.3) is 0 Å². The van der Waals surface area contributed by atoms with Gasteiger partial charge in [0.2, 0.25) is 5.91 Å². The minimum atomic E-state index is -3.00. The third-order valence-electron chi connectivity index (χ3n) is 3.47. The summed E-state index contributed by atoms with van der Waals surface area (Å²) in [5.74, 6) is -0.571. The Balaban J connectivity index is 2.04. The summed E-state index contributed by atoms with van der Waals surface area (Å²) in [6.07, 6.45) is 0.614. The molecule has 2 aromatic rings. The van der Waals surface area contributed by atoms with Crippen LogP contribution >= 0.6 is 11.8 Å². The van der Waals surface area contributed by atoms with Crippen LogP contribution in [0.5, 0.6) is 5.75 Å². The highest BCUT2D eigenvalue weighted by Crippen LogP contribution is 2.27. The molecule has 1 heterocycles. The van der Waals surface area contributed by atoms with Crippen molar-refractivity contribution in [2.45, 2.75) is 36.9 Å². The molecule has 148 valence electrons. The smallest absolute Gasteiger partial charge is 0.387 e. The molecule has 8 nitrogen and oxygen atoms in total. The van der Waals surface area contributed by atoms with Crippen molar-refractivity contribution in [2.24, 2.45) is 0 Å². The second kappa shape index (κ2) is 10.1. The van der Waals surface area contributed by atoms with E-state index < -0.39 is 17.8 Å². The zero-order valence-electron chi connectivity index (χ0n) is 14.8. The Hall–Kier alpha value is -2.40. The monoisotopic (exact) mass is 402 g/mol. The number of amides is 1. The summed E-state index contributed by atoms with van der Waals surface area (Å²) in [7, 11) is 1.57. The number of halogens is 2. The van der Waals surface area contributed by atoms with Gasteiger partial charge in [0.15, 0.2) is 5.16 Å². The van der Waals surface area contributed by atoms with Gasteiger partial charge in [-0.05, 0) is 25.5 Å². The van der Waals surface area contributed by atoms with Crippen molar-refractivity contribution >= 4 is 23.4 Å². The molecule has 0 aliphatic heterocycles. The predicted molar refractivity (Wildman–Crippen MR) is 96.4 cm³/mol. The average Bonchev–Trinajstić information content (AvgIpc) is 2.96. The van der Waals surface area contributed by atoms with Crippen molar-refractivity contribution in [1.82, 2.24) is 14.8 Å². The number of nitrogens with one attached hydrogen (secondary N) is 2. The first kappa shape index (κ1) is 20.9. The van der Waals surface area contributed by atoms with E-state index in [0.29, 0.717) is 24.7 Å². The largest absolute Gasteiger partial charge is 0.433 e. The molecule has 1 amide bonds. The Labute approximate surface area is 158 Å². The number of aromatic amines is 1. The van der Waals surface area contributed by atoms with Gasteiger partial charge in [0.05, 0.1) is 10.9 Å². The molecule has 11 heteroatoms. The zero-order valence-corrected chi connectivity index (χ0v) is 15.6. The highest BCUT2D eigenvalue weighted by molar-refractivity contribution is 8.00. The van der Waals surface area contributed by atoms with E-state index >= 15 is 0 Å². The van der Waals surface area contributed by atoms with Gasteiger partial charge < -0.3 is 14.8 Å². The van der Waals surface area contributed by atoms with Crippen LogP contribution < -0.4 is 15.7 Å². The maximum absolute atomic E-state index is 12.5. The van der Waals surface area contributed by atoms with Crippen LogP contribution in [0.1, 0.15) is 13.3 Å². The minimum Gasteiger partial charge on any atom is -0.433 e. The second-order valence-corrected chi connectivity index (χ2v) is 6.74. The summed E-state index contributed by atoms with van der Waals surface area (Å²) < 4.78 is 35.7. The number of rotatable bonds is 10. The first-order valence-corrected chi connectivity index (χ1v) is 8.95. The summed E-state index contributed by atoms with van der Waals surface area (Å²) in [6.45, 7) is -0.501. The molecule has 0 fully saturated rings. The Kier molecular flexibility index (Phi) is 7.80. The van der Waals surface area contributed by atoms with Crippen LogP contribution in [-0.4, -0.2) is 46.2 Å². The molecule has 0 aliphatic carbocycles. The van der Waals surface area contributed by atoms with E-state index in [0.717, 1.165) is 11.8 Å². The van der Waals surface area contributed by atoms with Gasteiger partial charge in [-0.1, -0.05) is 23.9 Å². The van der Waals surface area contributed by atoms with Gasteiger partial charge in [-0.2, -0.15) is 8.78 Å². The number of carbonyl (C=O) groups is 1.